The van der Waals surface area contributed by atoms with Crippen LogP contribution >= 0.6 is 11.6 Å². The minimum atomic E-state index is -0.0767. The third kappa shape index (κ3) is 6.49. The normalized spacial score (nSPS) is 14.6. The lowest BCUT2D eigenvalue weighted by Crippen LogP contribution is -2.40. The van der Waals surface area contributed by atoms with Crippen LogP contribution < -0.4 is 10.1 Å². The van der Waals surface area contributed by atoms with Gasteiger partial charge in [-0.05, 0) is 74.6 Å². The van der Waals surface area contributed by atoms with E-state index in [4.69, 9.17) is 16.3 Å². The monoisotopic (exact) mass is 428 g/mol. The number of carbonyl (C=O) groups excluding carboxylic acids is 2. The number of halogens is 1. The van der Waals surface area contributed by atoms with Crippen LogP contribution in [0.2, 0.25) is 5.02 Å². The summed E-state index contributed by atoms with van der Waals surface area (Å²) in [4.78, 5) is 26.5. The van der Waals surface area contributed by atoms with E-state index in [1.807, 2.05) is 55.1 Å². The highest BCUT2D eigenvalue weighted by Gasteiger charge is 2.23. The molecule has 0 radical (unpaired) electrons. The number of rotatable bonds is 7. The topological polar surface area (TPSA) is 58.6 Å². The molecule has 0 saturated carbocycles. The van der Waals surface area contributed by atoms with Crippen LogP contribution in [0.4, 0.5) is 0 Å². The van der Waals surface area contributed by atoms with Crippen LogP contribution in [0, 0.1) is 5.92 Å². The van der Waals surface area contributed by atoms with E-state index < -0.39 is 0 Å². The maximum absolute atomic E-state index is 12.5. The fourth-order valence-corrected chi connectivity index (χ4v) is 3.63. The van der Waals surface area contributed by atoms with Crippen molar-refractivity contribution in [3.05, 3.63) is 64.7 Å². The number of benzene rings is 2. The van der Waals surface area contributed by atoms with Gasteiger partial charge in [0.15, 0.2) is 0 Å². The Kier molecular flexibility index (Phi) is 7.75. The summed E-state index contributed by atoms with van der Waals surface area (Å²) in [5, 5.41) is 3.56. The smallest absolute Gasteiger partial charge is 0.251 e. The maximum Gasteiger partial charge on any atom is 0.251 e. The molecule has 0 unspecified atom stereocenters. The second kappa shape index (κ2) is 10.5. The van der Waals surface area contributed by atoms with Gasteiger partial charge < -0.3 is 15.0 Å². The Morgan fingerprint density at radius 3 is 2.30 bits per heavy atom. The minimum Gasteiger partial charge on any atom is -0.493 e. The first kappa shape index (κ1) is 22.2. The van der Waals surface area contributed by atoms with E-state index in [9.17, 15) is 9.59 Å². The van der Waals surface area contributed by atoms with Crippen LogP contribution in [-0.2, 0) is 11.2 Å². The van der Waals surface area contributed by atoms with Crippen LogP contribution in [0.15, 0.2) is 48.5 Å². The molecule has 1 N–H and O–H groups in total. The number of hydrogen-bond donors (Lipinski definition) is 1. The molecule has 0 aromatic heterocycles. The van der Waals surface area contributed by atoms with Gasteiger partial charge in [0.25, 0.3) is 5.91 Å². The number of ether oxygens (including phenoxy) is 1. The highest BCUT2D eigenvalue weighted by molar-refractivity contribution is 6.30. The van der Waals surface area contributed by atoms with Gasteiger partial charge in [-0.2, -0.15) is 0 Å². The Bertz CT molecular complexity index is 842. The predicted octanol–water partition coefficient (Wildman–Crippen LogP) is 4.34. The Morgan fingerprint density at radius 1 is 1.07 bits per heavy atom. The summed E-state index contributed by atoms with van der Waals surface area (Å²) in [5.74, 6) is 1.27. The molecule has 2 aromatic carbocycles. The molecule has 0 spiro atoms. The molecular formula is C24H29ClN2O3. The lowest BCUT2D eigenvalue weighted by molar-refractivity contribution is -0.132. The van der Waals surface area contributed by atoms with Crippen molar-refractivity contribution in [3.8, 4) is 5.75 Å². The van der Waals surface area contributed by atoms with Crippen molar-refractivity contribution in [2.75, 3.05) is 19.7 Å². The summed E-state index contributed by atoms with van der Waals surface area (Å²) < 4.78 is 5.92. The van der Waals surface area contributed by atoms with E-state index in [1.54, 1.807) is 12.1 Å². The molecule has 5 nitrogen and oxygen atoms in total. The second-order valence-corrected chi connectivity index (χ2v) is 8.53. The molecule has 160 valence electrons. The van der Waals surface area contributed by atoms with Crippen LogP contribution in [0.25, 0.3) is 0 Å². The molecule has 2 aromatic rings. The van der Waals surface area contributed by atoms with E-state index in [2.05, 4.69) is 5.32 Å². The zero-order valence-corrected chi connectivity index (χ0v) is 18.3. The molecule has 2 amide bonds. The Labute approximate surface area is 183 Å². The summed E-state index contributed by atoms with van der Waals surface area (Å²) in [7, 11) is 0. The van der Waals surface area contributed by atoms with E-state index in [0.29, 0.717) is 29.5 Å². The predicted molar refractivity (Wildman–Crippen MR) is 119 cm³/mol. The first-order chi connectivity index (χ1) is 14.4. The van der Waals surface area contributed by atoms with Crippen LogP contribution in [0.3, 0.4) is 0 Å². The fourth-order valence-electron chi connectivity index (χ4n) is 3.50. The summed E-state index contributed by atoms with van der Waals surface area (Å²) in [6.45, 7) is 6.01. The van der Waals surface area contributed by atoms with E-state index in [1.165, 1.54) is 0 Å². The number of piperidine rings is 1. The highest BCUT2D eigenvalue weighted by atomic mass is 35.5. The van der Waals surface area contributed by atoms with Crippen molar-refractivity contribution in [3.63, 3.8) is 0 Å². The van der Waals surface area contributed by atoms with Gasteiger partial charge in [0.05, 0.1) is 13.0 Å². The number of nitrogens with zero attached hydrogens (tertiary/aromatic N) is 1. The van der Waals surface area contributed by atoms with Crippen LogP contribution in [0.5, 0.6) is 5.75 Å². The molecule has 3 rings (SSSR count). The van der Waals surface area contributed by atoms with Crippen molar-refractivity contribution in [1.82, 2.24) is 10.2 Å². The number of hydrogen-bond acceptors (Lipinski definition) is 3. The third-order valence-corrected chi connectivity index (χ3v) is 5.51. The number of amides is 2. The summed E-state index contributed by atoms with van der Waals surface area (Å²) in [6.07, 6.45) is 2.28. The molecule has 1 saturated heterocycles. The van der Waals surface area contributed by atoms with E-state index >= 15 is 0 Å². The largest absolute Gasteiger partial charge is 0.493 e. The van der Waals surface area contributed by atoms with Crippen molar-refractivity contribution in [2.45, 2.75) is 39.2 Å². The van der Waals surface area contributed by atoms with E-state index in [0.717, 1.165) is 37.2 Å². The molecule has 6 heteroatoms. The van der Waals surface area contributed by atoms with Gasteiger partial charge >= 0.3 is 0 Å². The van der Waals surface area contributed by atoms with Gasteiger partial charge in [0.1, 0.15) is 5.75 Å². The summed E-state index contributed by atoms with van der Waals surface area (Å²) in [6, 6.07) is 14.8. The van der Waals surface area contributed by atoms with Crippen molar-refractivity contribution >= 4 is 23.4 Å². The standard InChI is InChI=1S/C24H29ClN2O3/c1-17(2)26-24(29)20-5-9-22(10-6-20)30-16-19-11-13-27(14-12-19)23(28)15-18-3-7-21(25)8-4-18/h3-10,17,19H,11-16H2,1-2H3,(H,26,29). The van der Waals surface area contributed by atoms with Gasteiger partial charge in [-0.15, -0.1) is 0 Å². The highest BCUT2D eigenvalue weighted by Crippen LogP contribution is 2.21. The van der Waals surface area contributed by atoms with Gasteiger partial charge in [0, 0.05) is 29.7 Å². The Morgan fingerprint density at radius 2 is 1.70 bits per heavy atom. The first-order valence-corrected chi connectivity index (χ1v) is 10.8. The van der Waals surface area contributed by atoms with Crippen LogP contribution in [-0.4, -0.2) is 42.5 Å². The quantitative estimate of drug-likeness (QED) is 0.713. The fraction of sp³-hybridized carbons (Fsp3) is 0.417. The van der Waals surface area contributed by atoms with Crippen molar-refractivity contribution < 1.29 is 14.3 Å². The van der Waals surface area contributed by atoms with Gasteiger partial charge in [-0.3, -0.25) is 9.59 Å². The Balaban J connectivity index is 1.41. The van der Waals surface area contributed by atoms with Gasteiger partial charge in [-0.25, -0.2) is 0 Å². The molecule has 0 bridgehead atoms. The van der Waals surface area contributed by atoms with Crippen molar-refractivity contribution in [1.29, 1.82) is 0 Å². The SMILES string of the molecule is CC(C)NC(=O)c1ccc(OCC2CCN(C(=O)Cc3ccc(Cl)cc3)CC2)cc1. The number of carbonyl (C=O) groups is 2. The molecule has 0 atom stereocenters. The minimum absolute atomic E-state index is 0.0767. The molecule has 1 fully saturated rings. The summed E-state index contributed by atoms with van der Waals surface area (Å²) >= 11 is 5.90. The molecule has 30 heavy (non-hydrogen) atoms. The maximum atomic E-state index is 12.5. The number of nitrogens with one attached hydrogen (secondary N) is 1. The lowest BCUT2D eigenvalue weighted by Gasteiger charge is -2.32. The average Bonchev–Trinajstić information content (AvgIpc) is 2.74. The molecule has 1 aliphatic rings. The third-order valence-electron chi connectivity index (χ3n) is 5.26. The molecular weight excluding hydrogens is 400 g/mol. The molecule has 1 aliphatic heterocycles. The first-order valence-electron chi connectivity index (χ1n) is 10.5. The zero-order valence-electron chi connectivity index (χ0n) is 17.6. The average molecular weight is 429 g/mol. The molecule has 1 heterocycles. The second-order valence-electron chi connectivity index (χ2n) is 8.09. The summed E-state index contributed by atoms with van der Waals surface area (Å²) in [5.41, 5.74) is 1.61. The van der Waals surface area contributed by atoms with Crippen molar-refractivity contribution in [2.24, 2.45) is 5.92 Å². The van der Waals surface area contributed by atoms with Gasteiger partial charge in [-0.1, -0.05) is 23.7 Å². The number of likely N-dealkylation sites (tertiary alicyclic amines) is 1. The lowest BCUT2D eigenvalue weighted by atomic mass is 9.97. The zero-order chi connectivity index (χ0) is 21.5. The van der Waals surface area contributed by atoms with E-state index in [-0.39, 0.29) is 17.9 Å². The molecule has 0 aliphatic carbocycles. The van der Waals surface area contributed by atoms with Gasteiger partial charge in [0.2, 0.25) is 5.91 Å². The van der Waals surface area contributed by atoms with Crippen LogP contribution in [0.1, 0.15) is 42.6 Å². The Hall–Kier alpha value is -2.53.